The third-order valence-electron chi connectivity index (χ3n) is 10.3. The fourth-order valence-electron chi connectivity index (χ4n) is 7.49. The fraction of sp³-hybridized carbons (Fsp3) is 0.564. The first kappa shape index (κ1) is 36.1. The van der Waals surface area contributed by atoms with Crippen molar-refractivity contribution in [3.05, 3.63) is 76.8 Å². The summed E-state index contributed by atoms with van der Waals surface area (Å²) in [5.74, 6) is 0.719. The van der Waals surface area contributed by atoms with Crippen molar-refractivity contribution in [2.75, 3.05) is 6.61 Å². The van der Waals surface area contributed by atoms with E-state index >= 15 is 4.57 Å². The van der Waals surface area contributed by atoms with Crippen molar-refractivity contribution in [2.24, 2.45) is 35.5 Å². The number of benzene rings is 3. The Balaban J connectivity index is 1.48. The van der Waals surface area contributed by atoms with Gasteiger partial charge in [0.15, 0.2) is 6.61 Å². The Morgan fingerprint density at radius 1 is 0.787 bits per heavy atom. The topological polar surface area (TPSA) is 71.1 Å². The van der Waals surface area contributed by atoms with Crippen LogP contribution in [0.1, 0.15) is 91.5 Å². The van der Waals surface area contributed by atoms with Crippen molar-refractivity contribution in [2.45, 2.75) is 98.1 Å². The smallest absolute Gasteiger partial charge is 0.376 e. The molecule has 0 aliphatic heterocycles. The van der Waals surface area contributed by atoms with E-state index < -0.39 is 19.4 Å². The monoisotopic (exact) mass is 726 g/mol. The molecule has 0 saturated heterocycles. The zero-order valence-corrected chi connectivity index (χ0v) is 31.3. The highest BCUT2D eigenvalue weighted by Crippen LogP contribution is 2.66. The van der Waals surface area contributed by atoms with Gasteiger partial charge in [-0.2, -0.15) is 0 Å². The number of esters is 1. The summed E-state index contributed by atoms with van der Waals surface area (Å²) in [6.45, 7) is 12.9. The first-order valence-electron chi connectivity index (χ1n) is 17.4. The molecule has 2 fully saturated rings. The van der Waals surface area contributed by atoms with E-state index in [1.165, 1.54) is 0 Å². The van der Waals surface area contributed by atoms with Gasteiger partial charge in [0.05, 0.1) is 12.2 Å². The van der Waals surface area contributed by atoms with E-state index in [9.17, 15) is 4.79 Å². The Kier molecular flexibility index (Phi) is 12.3. The lowest BCUT2D eigenvalue weighted by Gasteiger charge is -2.43. The maximum Gasteiger partial charge on any atom is 0.376 e. The van der Waals surface area contributed by atoms with E-state index in [1.54, 1.807) is 0 Å². The van der Waals surface area contributed by atoms with Gasteiger partial charge >= 0.3 is 13.6 Å². The number of halogens is 1. The van der Waals surface area contributed by atoms with Crippen LogP contribution in [-0.2, 0) is 23.1 Å². The number of hydrogen-bond donors (Lipinski definition) is 0. The molecule has 0 spiro atoms. The van der Waals surface area contributed by atoms with Gasteiger partial charge in [-0.05, 0) is 96.2 Å². The molecule has 0 aromatic heterocycles. The Hall–Kier alpha value is -2.18. The van der Waals surface area contributed by atoms with Gasteiger partial charge < -0.3 is 18.5 Å². The number of fused-ring (bicyclic) bond motifs is 1. The third kappa shape index (κ3) is 9.29. The quantitative estimate of drug-likeness (QED) is 0.137. The van der Waals surface area contributed by atoms with Gasteiger partial charge in [-0.15, -0.1) is 0 Å². The summed E-state index contributed by atoms with van der Waals surface area (Å²) in [6.07, 6.45) is 5.26. The minimum absolute atomic E-state index is 0.229. The summed E-state index contributed by atoms with van der Waals surface area (Å²) in [6, 6.07) is 21.1. The van der Waals surface area contributed by atoms with Crippen molar-refractivity contribution in [3.63, 3.8) is 0 Å². The molecule has 0 amide bonds. The summed E-state index contributed by atoms with van der Waals surface area (Å²) in [4.78, 5) is 13.6. The average molecular weight is 728 g/mol. The van der Waals surface area contributed by atoms with Crippen LogP contribution in [0.4, 0.5) is 0 Å². The van der Waals surface area contributed by atoms with Crippen molar-refractivity contribution in [1.29, 1.82) is 0 Å². The largest absolute Gasteiger partial charge is 0.482 e. The average Bonchev–Trinajstić information content (AvgIpc) is 3.02. The van der Waals surface area contributed by atoms with Crippen LogP contribution in [0.15, 0.2) is 71.2 Å². The Bertz CT molecular complexity index is 1490. The molecule has 5 rings (SSSR count). The number of carbonyl (C=O) groups excluding carboxylic acids is 1. The molecular formula is C39H52BrO6P. The SMILES string of the molecule is CC(C)[C@H]1CC[C@@H](C)C[C@H]1OP(=O)(O[C@@H]1C[C@H](C)CC[C@H]1C(C)C)[C@@H](OC(=O)COc1ccc2ccccc2c1)c1ccc(Br)cc1. The molecule has 47 heavy (non-hydrogen) atoms. The standard InChI is InChI=1S/C39H52BrO6P/c1-25(2)34-19-11-27(5)21-36(34)45-47(42,46-37-22-28(6)12-20-35(37)26(3)4)39(30-13-16-32(40)17-14-30)44-38(41)24-43-33-18-15-29-9-7-8-10-31(29)23-33/h7-10,13-18,23,25-28,34-37,39H,11-12,19-22,24H2,1-6H3/t27-,28-,34-,35+,36-,37-,39-,47?/m1/s1. The van der Waals surface area contributed by atoms with Gasteiger partial charge in [-0.3, -0.25) is 4.57 Å². The number of carbonyl (C=O) groups is 1. The van der Waals surface area contributed by atoms with Gasteiger partial charge in [-0.1, -0.05) is 113 Å². The Morgan fingerprint density at radius 2 is 1.34 bits per heavy atom. The zero-order chi connectivity index (χ0) is 33.7. The lowest BCUT2D eigenvalue weighted by molar-refractivity contribution is -0.149. The van der Waals surface area contributed by atoms with Crippen molar-refractivity contribution >= 4 is 40.3 Å². The molecule has 6 nitrogen and oxygen atoms in total. The van der Waals surface area contributed by atoms with Crippen LogP contribution >= 0.6 is 23.5 Å². The number of rotatable bonds is 12. The molecule has 0 heterocycles. The van der Waals surface area contributed by atoms with E-state index in [4.69, 9.17) is 18.5 Å². The van der Waals surface area contributed by atoms with Crippen molar-refractivity contribution in [1.82, 2.24) is 0 Å². The Morgan fingerprint density at radius 3 is 1.89 bits per heavy atom. The number of hydrogen-bond acceptors (Lipinski definition) is 6. The molecule has 0 bridgehead atoms. The van der Waals surface area contributed by atoms with Crippen LogP contribution in [0.5, 0.6) is 5.75 Å². The van der Waals surface area contributed by atoms with E-state index in [1.807, 2.05) is 66.7 Å². The lowest BCUT2D eigenvalue weighted by Crippen LogP contribution is -2.37. The van der Waals surface area contributed by atoms with Crippen LogP contribution in [0.25, 0.3) is 10.8 Å². The molecule has 2 saturated carbocycles. The molecule has 0 radical (unpaired) electrons. The van der Waals surface area contributed by atoms with E-state index in [2.05, 4.69) is 57.5 Å². The van der Waals surface area contributed by atoms with Crippen molar-refractivity contribution in [3.8, 4) is 5.75 Å². The maximum atomic E-state index is 15.7. The molecule has 3 aromatic carbocycles. The summed E-state index contributed by atoms with van der Waals surface area (Å²) >= 11 is 3.52. The highest BCUT2D eigenvalue weighted by Gasteiger charge is 2.49. The summed E-state index contributed by atoms with van der Waals surface area (Å²) in [5, 5.41) is 2.10. The maximum absolute atomic E-state index is 15.7. The summed E-state index contributed by atoms with van der Waals surface area (Å²) in [7, 11) is -4.11. The van der Waals surface area contributed by atoms with Gasteiger partial charge in [-0.25, -0.2) is 4.79 Å². The second-order valence-electron chi connectivity index (χ2n) is 14.7. The van der Waals surface area contributed by atoms with E-state index in [0.717, 1.165) is 53.8 Å². The molecule has 0 N–H and O–H groups in total. The molecular weight excluding hydrogens is 675 g/mol. The van der Waals surface area contributed by atoms with Crippen LogP contribution in [0.2, 0.25) is 0 Å². The van der Waals surface area contributed by atoms with Crippen molar-refractivity contribution < 1.29 is 27.9 Å². The van der Waals surface area contributed by atoms with Crippen LogP contribution in [0, 0.1) is 35.5 Å². The first-order valence-corrected chi connectivity index (χ1v) is 19.9. The molecule has 2 aliphatic carbocycles. The number of ether oxygens (including phenoxy) is 2. The van der Waals surface area contributed by atoms with Gasteiger partial charge in [0.1, 0.15) is 5.75 Å². The highest BCUT2D eigenvalue weighted by molar-refractivity contribution is 9.10. The van der Waals surface area contributed by atoms with Crippen LogP contribution in [0.3, 0.4) is 0 Å². The van der Waals surface area contributed by atoms with Crippen LogP contribution < -0.4 is 4.74 Å². The third-order valence-corrected chi connectivity index (χ3v) is 12.9. The minimum Gasteiger partial charge on any atom is -0.482 e. The van der Waals surface area contributed by atoms with E-state index in [0.29, 0.717) is 35.0 Å². The van der Waals surface area contributed by atoms with Crippen LogP contribution in [-0.4, -0.2) is 24.8 Å². The predicted molar refractivity (Wildman–Crippen MR) is 192 cm³/mol. The molecule has 2 aliphatic rings. The molecule has 3 aromatic rings. The first-order chi connectivity index (χ1) is 22.4. The lowest BCUT2D eigenvalue weighted by atomic mass is 9.75. The summed E-state index contributed by atoms with van der Waals surface area (Å²) < 4.78 is 42.3. The Labute approximate surface area is 289 Å². The minimum atomic E-state index is -4.11. The molecule has 1 unspecified atom stereocenters. The highest BCUT2D eigenvalue weighted by atomic mass is 79.9. The van der Waals surface area contributed by atoms with Gasteiger partial charge in [0.2, 0.25) is 5.85 Å². The second kappa shape index (κ2) is 16.0. The fourth-order valence-corrected chi connectivity index (χ4v) is 10.0. The van der Waals surface area contributed by atoms with Gasteiger partial charge in [0.25, 0.3) is 0 Å². The van der Waals surface area contributed by atoms with Gasteiger partial charge in [0, 0.05) is 10.0 Å². The summed E-state index contributed by atoms with van der Waals surface area (Å²) in [5.41, 5.74) is 0.575. The molecule has 8 heteroatoms. The predicted octanol–water partition coefficient (Wildman–Crippen LogP) is 11.4. The van der Waals surface area contributed by atoms with E-state index in [-0.39, 0.29) is 30.7 Å². The second-order valence-corrected chi connectivity index (χ2v) is 17.6. The zero-order valence-electron chi connectivity index (χ0n) is 28.8. The normalized spacial score (nSPS) is 27.0. The molecule has 256 valence electrons. The molecule has 8 atom stereocenters.